The van der Waals surface area contributed by atoms with Gasteiger partial charge >= 0.3 is 0 Å². The van der Waals surface area contributed by atoms with Gasteiger partial charge in [0.25, 0.3) is 0 Å². The molecule has 0 amide bonds. The summed E-state index contributed by atoms with van der Waals surface area (Å²) in [6, 6.07) is 8.28. The van der Waals surface area contributed by atoms with Crippen LogP contribution in [0, 0.1) is 0 Å². The molecule has 0 aliphatic carbocycles. The van der Waals surface area contributed by atoms with Crippen LogP contribution in [0.5, 0.6) is 5.75 Å². The minimum Gasteiger partial charge on any atom is -0.494 e. The predicted molar refractivity (Wildman–Crippen MR) is 76.6 cm³/mol. The van der Waals surface area contributed by atoms with Gasteiger partial charge in [0.15, 0.2) is 0 Å². The van der Waals surface area contributed by atoms with Gasteiger partial charge in [-0.05, 0) is 24.6 Å². The van der Waals surface area contributed by atoms with E-state index in [1.54, 1.807) is 0 Å². The molecule has 0 aromatic heterocycles. The minimum absolute atomic E-state index is 0.716. The number of ether oxygens (including phenoxy) is 2. The van der Waals surface area contributed by atoms with E-state index in [0.29, 0.717) is 6.61 Å². The van der Waals surface area contributed by atoms with Gasteiger partial charge in [-0.3, -0.25) is 4.90 Å². The van der Waals surface area contributed by atoms with Crippen molar-refractivity contribution in [3.8, 4) is 5.75 Å². The molecule has 0 saturated carbocycles. The van der Waals surface area contributed by atoms with Gasteiger partial charge in [-0.15, -0.1) is 0 Å². The highest BCUT2D eigenvalue weighted by Crippen LogP contribution is 2.12. The van der Waals surface area contributed by atoms with Crippen LogP contribution in [0.4, 0.5) is 0 Å². The maximum atomic E-state index is 5.50. The zero-order valence-corrected chi connectivity index (χ0v) is 11.7. The van der Waals surface area contributed by atoms with Crippen molar-refractivity contribution in [3.63, 3.8) is 0 Å². The number of nitrogens with one attached hydrogen (secondary N) is 1. The van der Waals surface area contributed by atoms with Crippen molar-refractivity contribution in [2.75, 3.05) is 46.0 Å². The van der Waals surface area contributed by atoms with Crippen molar-refractivity contribution in [1.82, 2.24) is 10.2 Å². The lowest BCUT2D eigenvalue weighted by atomic mass is 10.2. The predicted octanol–water partition coefficient (Wildman–Crippen LogP) is 1.51. The summed E-state index contributed by atoms with van der Waals surface area (Å²) in [5, 5.41) is 3.48. The fraction of sp³-hybridized carbons (Fsp3) is 0.600. The van der Waals surface area contributed by atoms with Crippen LogP contribution < -0.4 is 10.1 Å². The van der Waals surface area contributed by atoms with Crippen LogP contribution in [-0.4, -0.2) is 50.9 Å². The van der Waals surface area contributed by atoms with Crippen molar-refractivity contribution in [3.05, 3.63) is 29.8 Å². The molecule has 106 valence electrons. The van der Waals surface area contributed by atoms with E-state index in [0.717, 1.165) is 51.7 Å². The second-order valence-electron chi connectivity index (χ2n) is 4.71. The van der Waals surface area contributed by atoms with E-state index in [1.807, 2.05) is 19.1 Å². The fourth-order valence-electron chi connectivity index (χ4n) is 2.21. The molecule has 19 heavy (non-hydrogen) atoms. The van der Waals surface area contributed by atoms with E-state index in [1.165, 1.54) is 5.56 Å². The van der Waals surface area contributed by atoms with Crippen LogP contribution in [0.15, 0.2) is 24.3 Å². The Balaban J connectivity index is 1.65. The maximum absolute atomic E-state index is 5.50. The molecule has 0 spiro atoms. The topological polar surface area (TPSA) is 33.7 Å². The quantitative estimate of drug-likeness (QED) is 0.757. The minimum atomic E-state index is 0.716. The molecule has 1 aromatic carbocycles. The Morgan fingerprint density at radius 3 is 2.95 bits per heavy atom. The Morgan fingerprint density at radius 2 is 2.16 bits per heavy atom. The number of hydrogen-bond donors (Lipinski definition) is 1. The average molecular weight is 264 g/mol. The van der Waals surface area contributed by atoms with Gasteiger partial charge in [0.2, 0.25) is 0 Å². The van der Waals surface area contributed by atoms with Gasteiger partial charge in [-0.2, -0.15) is 0 Å². The normalized spacial score (nSPS) is 16.5. The first-order chi connectivity index (χ1) is 9.38. The number of rotatable bonds is 7. The Bertz CT molecular complexity index is 365. The Kier molecular flexibility index (Phi) is 6.14. The second kappa shape index (κ2) is 8.15. The number of benzene rings is 1. The summed E-state index contributed by atoms with van der Waals surface area (Å²) < 4.78 is 10.8. The van der Waals surface area contributed by atoms with E-state index >= 15 is 0 Å². The molecule has 1 fully saturated rings. The molecule has 1 heterocycles. The van der Waals surface area contributed by atoms with Crippen molar-refractivity contribution in [2.45, 2.75) is 13.5 Å². The molecule has 2 rings (SSSR count). The Hall–Kier alpha value is -1.10. The SMILES string of the molecule is CCOc1cccc(CNCCN2CCOCC2)c1. The Morgan fingerprint density at radius 1 is 1.32 bits per heavy atom. The van der Waals surface area contributed by atoms with Crippen molar-refractivity contribution < 1.29 is 9.47 Å². The lowest BCUT2D eigenvalue weighted by molar-refractivity contribution is 0.0384. The fourth-order valence-corrected chi connectivity index (χ4v) is 2.21. The summed E-state index contributed by atoms with van der Waals surface area (Å²) >= 11 is 0. The molecule has 1 aliphatic heterocycles. The summed E-state index contributed by atoms with van der Waals surface area (Å²) in [7, 11) is 0. The molecule has 4 nitrogen and oxygen atoms in total. The molecule has 0 atom stereocenters. The third kappa shape index (κ3) is 5.19. The lowest BCUT2D eigenvalue weighted by Crippen LogP contribution is -2.40. The lowest BCUT2D eigenvalue weighted by Gasteiger charge is -2.26. The summed E-state index contributed by atoms with van der Waals surface area (Å²) in [6.45, 7) is 9.58. The van der Waals surface area contributed by atoms with Gasteiger partial charge in [0.05, 0.1) is 19.8 Å². The third-order valence-electron chi connectivity index (χ3n) is 3.25. The van der Waals surface area contributed by atoms with Crippen LogP contribution in [0.2, 0.25) is 0 Å². The van der Waals surface area contributed by atoms with E-state index in [2.05, 4.69) is 22.3 Å². The highest BCUT2D eigenvalue weighted by atomic mass is 16.5. The van der Waals surface area contributed by atoms with Gasteiger partial charge in [0.1, 0.15) is 5.75 Å². The monoisotopic (exact) mass is 264 g/mol. The van der Waals surface area contributed by atoms with E-state index in [4.69, 9.17) is 9.47 Å². The summed E-state index contributed by atoms with van der Waals surface area (Å²) in [4.78, 5) is 2.44. The van der Waals surface area contributed by atoms with Crippen LogP contribution in [0.25, 0.3) is 0 Å². The first-order valence-electron chi connectivity index (χ1n) is 7.11. The highest BCUT2D eigenvalue weighted by molar-refractivity contribution is 5.28. The molecule has 1 aromatic rings. The van der Waals surface area contributed by atoms with Gasteiger partial charge in [0, 0.05) is 32.7 Å². The van der Waals surface area contributed by atoms with Gasteiger partial charge in [-0.1, -0.05) is 12.1 Å². The van der Waals surface area contributed by atoms with Gasteiger partial charge < -0.3 is 14.8 Å². The zero-order valence-electron chi connectivity index (χ0n) is 11.7. The molecule has 1 aliphatic rings. The largest absolute Gasteiger partial charge is 0.494 e. The van der Waals surface area contributed by atoms with Crippen LogP contribution in [-0.2, 0) is 11.3 Å². The van der Waals surface area contributed by atoms with E-state index in [9.17, 15) is 0 Å². The number of morpholine rings is 1. The van der Waals surface area contributed by atoms with Crippen molar-refractivity contribution >= 4 is 0 Å². The van der Waals surface area contributed by atoms with Crippen LogP contribution in [0.1, 0.15) is 12.5 Å². The zero-order chi connectivity index (χ0) is 13.3. The average Bonchev–Trinajstić information content (AvgIpc) is 2.46. The molecule has 0 unspecified atom stereocenters. The van der Waals surface area contributed by atoms with Crippen molar-refractivity contribution in [1.29, 1.82) is 0 Å². The van der Waals surface area contributed by atoms with Crippen LogP contribution >= 0.6 is 0 Å². The first-order valence-corrected chi connectivity index (χ1v) is 7.11. The first kappa shape index (κ1) is 14.3. The van der Waals surface area contributed by atoms with Crippen molar-refractivity contribution in [2.24, 2.45) is 0 Å². The van der Waals surface area contributed by atoms with Crippen LogP contribution in [0.3, 0.4) is 0 Å². The molecular formula is C15H24N2O2. The molecule has 1 saturated heterocycles. The molecule has 4 heteroatoms. The summed E-state index contributed by atoms with van der Waals surface area (Å²) in [6.07, 6.45) is 0. The number of hydrogen-bond acceptors (Lipinski definition) is 4. The molecular weight excluding hydrogens is 240 g/mol. The maximum Gasteiger partial charge on any atom is 0.119 e. The number of nitrogens with zero attached hydrogens (tertiary/aromatic N) is 1. The van der Waals surface area contributed by atoms with Gasteiger partial charge in [-0.25, -0.2) is 0 Å². The smallest absolute Gasteiger partial charge is 0.119 e. The van der Waals surface area contributed by atoms with E-state index < -0.39 is 0 Å². The standard InChI is InChI=1S/C15H24N2O2/c1-2-19-15-5-3-4-14(12-15)13-16-6-7-17-8-10-18-11-9-17/h3-5,12,16H,2,6-11,13H2,1H3. The van der Waals surface area contributed by atoms with E-state index in [-0.39, 0.29) is 0 Å². The summed E-state index contributed by atoms with van der Waals surface area (Å²) in [5.41, 5.74) is 1.27. The molecule has 0 radical (unpaired) electrons. The Labute approximate surface area is 115 Å². The highest BCUT2D eigenvalue weighted by Gasteiger charge is 2.08. The molecule has 0 bridgehead atoms. The second-order valence-corrected chi connectivity index (χ2v) is 4.71. The molecule has 1 N–H and O–H groups in total. The third-order valence-corrected chi connectivity index (χ3v) is 3.25. The summed E-state index contributed by atoms with van der Waals surface area (Å²) in [5.74, 6) is 0.954.